The maximum absolute atomic E-state index is 8.68. The highest BCUT2D eigenvalue weighted by atomic mass is 32.1. The van der Waals surface area contributed by atoms with E-state index in [1.165, 1.54) is 17.7 Å². The number of hydrogen-bond donors (Lipinski definition) is 1. The molecule has 0 aromatic carbocycles. The van der Waals surface area contributed by atoms with E-state index in [2.05, 4.69) is 34.3 Å². The minimum atomic E-state index is 0.404. The highest BCUT2D eigenvalue weighted by Crippen LogP contribution is 2.29. The van der Waals surface area contributed by atoms with E-state index in [9.17, 15) is 0 Å². The van der Waals surface area contributed by atoms with Gasteiger partial charge in [0, 0.05) is 41.4 Å². The number of nitriles is 1. The molecule has 1 aliphatic carbocycles. The molecule has 3 nitrogen and oxygen atoms in total. The molecule has 0 spiro atoms. The van der Waals surface area contributed by atoms with Gasteiger partial charge in [-0.15, -0.1) is 11.3 Å². The van der Waals surface area contributed by atoms with Gasteiger partial charge in [0.25, 0.3) is 0 Å². The van der Waals surface area contributed by atoms with Crippen LogP contribution in [0.25, 0.3) is 0 Å². The van der Waals surface area contributed by atoms with Gasteiger partial charge in [-0.25, -0.2) is 0 Å². The summed E-state index contributed by atoms with van der Waals surface area (Å²) in [7, 11) is 0. The first-order valence-corrected chi connectivity index (χ1v) is 7.09. The molecule has 0 radical (unpaired) electrons. The van der Waals surface area contributed by atoms with E-state index >= 15 is 0 Å². The Kier molecular flexibility index (Phi) is 4.78. The summed E-state index contributed by atoms with van der Waals surface area (Å²) < 4.78 is 0. The smallest absolute Gasteiger partial charge is 0.0635 e. The minimum Gasteiger partial charge on any atom is -0.320 e. The van der Waals surface area contributed by atoms with E-state index in [4.69, 9.17) is 11.0 Å². The van der Waals surface area contributed by atoms with Gasteiger partial charge in [0.2, 0.25) is 0 Å². The monoisotopic (exact) mass is 259 g/mol. The lowest BCUT2D eigenvalue weighted by Gasteiger charge is -2.19. The van der Waals surface area contributed by atoms with Crippen LogP contribution in [0.1, 0.15) is 29.7 Å². The third-order valence-corrected chi connectivity index (χ3v) is 3.84. The molecule has 1 heterocycles. The number of thiophene rings is 1. The molecule has 2 rings (SSSR count). The number of rotatable bonds is 5. The molecule has 0 aliphatic heterocycles. The molecular formula is C14H17N3S. The molecule has 1 fully saturated rings. The maximum atomic E-state index is 8.68. The summed E-state index contributed by atoms with van der Waals surface area (Å²) in [5.41, 5.74) is 6.41. The summed E-state index contributed by atoms with van der Waals surface area (Å²) in [6.45, 7) is 2.23. The zero-order valence-corrected chi connectivity index (χ0v) is 11.2. The van der Waals surface area contributed by atoms with Crippen LogP contribution in [0.15, 0.2) is 11.4 Å². The highest BCUT2D eigenvalue weighted by Gasteiger charge is 2.28. The van der Waals surface area contributed by atoms with Crippen molar-refractivity contribution in [1.82, 2.24) is 4.90 Å². The average molecular weight is 259 g/mol. The van der Waals surface area contributed by atoms with Gasteiger partial charge in [-0.3, -0.25) is 4.90 Å². The predicted molar refractivity (Wildman–Crippen MR) is 73.9 cm³/mol. The number of nitrogens with two attached hydrogens (primary N) is 1. The van der Waals surface area contributed by atoms with E-state index in [0.29, 0.717) is 19.0 Å². The van der Waals surface area contributed by atoms with E-state index in [1.54, 1.807) is 11.3 Å². The fourth-order valence-corrected chi connectivity index (χ4v) is 2.75. The first-order valence-electron chi connectivity index (χ1n) is 6.21. The van der Waals surface area contributed by atoms with Crippen LogP contribution in [0, 0.1) is 23.2 Å². The second-order valence-electron chi connectivity index (χ2n) is 4.42. The van der Waals surface area contributed by atoms with Crippen LogP contribution in [0.3, 0.4) is 0 Å². The van der Waals surface area contributed by atoms with Gasteiger partial charge in [-0.2, -0.15) is 5.26 Å². The zero-order valence-electron chi connectivity index (χ0n) is 10.4. The Morgan fingerprint density at radius 2 is 2.33 bits per heavy atom. The van der Waals surface area contributed by atoms with Crippen molar-refractivity contribution >= 4 is 11.3 Å². The van der Waals surface area contributed by atoms with Crippen LogP contribution >= 0.6 is 11.3 Å². The van der Waals surface area contributed by atoms with Crippen molar-refractivity contribution in [1.29, 1.82) is 5.26 Å². The molecule has 94 valence electrons. The second kappa shape index (κ2) is 6.56. The lowest BCUT2D eigenvalue weighted by molar-refractivity contribution is 0.263. The van der Waals surface area contributed by atoms with Crippen LogP contribution in [0.2, 0.25) is 0 Å². The molecule has 1 saturated carbocycles. The zero-order chi connectivity index (χ0) is 12.8. The predicted octanol–water partition coefficient (Wildman–Crippen LogP) is 1.94. The first kappa shape index (κ1) is 13.1. The molecule has 0 saturated heterocycles. The van der Waals surface area contributed by atoms with Gasteiger partial charge in [0.15, 0.2) is 0 Å². The molecule has 1 aromatic heterocycles. The Morgan fingerprint density at radius 3 is 3.00 bits per heavy atom. The van der Waals surface area contributed by atoms with E-state index in [1.807, 2.05) is 0 Å². The topological polar surface area (TPSA) is 53.0 Å². The summed E-state index contributed by atoms with van der Waals surface area (Å²) in [5.74, 6) is 5.92. The molecule has 4 heteroatoms. The molecular weight excluding hydrogens is 242 g/mol. The third kappa shape index (κ3) is 3.85. The lowest BCUT2D eigenvalue weighted by atomic mass is 10.3. The van der Waals surface area contributed by atoms with Crippen molar-refractivity contribution < 1.29 is 0 Å². The van der Waals surface area contributed by atoms with Crippen molar-refractivity contribution in [3.63, 3.8) is 0 Å². The van der Waals surface area contributed by atoms with Crippen molar-refractivity contribution in [2.75, 3.05) is 13.1 Å². The standard InChI is InChI=1S/C14H17N3S/c15-6-1-3-12-9-14(18-11-12)10-17(8-2-7-16)13-4-5-13/h9,11,13H,2,4-6,8,10,15H2. The third-order valence-electron chi connectivity index (χ3n) is 2.92. The molecule has 18 heavy (non-hydrogen) atoms. The van der Waals surface area contributed by atoms with Crippen molar-refractivity contribution in [3.8, 4) is 17.9 Å². The first-order chi connectivity index (χ1) is 8.83. The molecule has 1 aromatic rings. The minimum absolute atomic E-state index is 0.404. The summed E-state index contributed by atoms with van der Waals surface area (Å²) in [6, 6.07) is 5.05. The SMILES string of the molecule is N#CCCN(Cc1cc(C#CCN)cs1)C1CC1. The molecule has 0 bridgehead atoms. The van der Waals surface area contributed by atoms with Crippen LogP contribution in [-0.2, 0) is 6.54 Å². The Balaban J connectivity index is 1.94. The molecule has 2 N–H and O–H groups in total. The van der Waals surface area contributed by atoms with Crippen LogP contribution in [0.5, 0.6) is 0 Å². The van der Waals surface area contributed by atoms with Crippen LogP contribution in [0.4, 0.5) is 0 Å². The van der Waals surface area contributed by atoms with Gasteiger partial charge < -0.3 is 5.73 Å². The Hall–Kier alpha value is -1.33. The van der Waals surface area contributed by atoms with E-state index in [0.717, 1.165) is 18.7 Å². The van der Waals surface area contributed by atoms with E-state index in [-0.39, 0.29) is 0 Å². The molecule has 1 aliphatic rings. The fourth-order valence-electron chi connectivity index (χ4n) is 1.91. The summed E-state index contributed by atoms with van der Waals surface area (Å²) >= 11 is 1.74. The quantitative estimate of drug-likeness (QED) is 0.822. The van der Waals surface area contributed by atoms with Crippen molar-refractivity contribution in [2.45, 2.75) is 31.8 Å². The fraction of sp³-hybridized carbons (Fsp3) is 0.500. The maximum Gasteiger partial charge on any atom is 0.0635 e. The normalized spacial score (nSPS) is 14.1. The summed E-state index contributed by atoms with van der Waals surface area (Å²) in [5, 5.41) is 10.8. The van der Waals surface area contributed by atoms with Gasteiger partial charge in [0.05, 0.1) is 12.6 Å². The van der Waals surface area contributed by atoms with E-state index < -0.39 is 0 Å². The van der Waals surface area contributed by atoms with Gasteiger partial charge in [-0.1, -0.05) is 11.8 Å². The summed E-state index contributed by atoms with van der Waals surface area (Å²) in [6.07, 6.45) is 3.16. The van der Waals surface area contributed by atoms with Crippen LogP contribution < -0.4 is 5.73 Å². The molecule has 0 unspecified atom stereocenters. The summed E-state index contributed by atoms with van der Waals surface area (Å²) in [4.78, 5) is 3.73. The Morgan fingerprint density at radius 1 is 1.50 bits per heavy atom. The van der Waals surface area contributed by atoms with Crippen molar-refractivity contribution in [2.24, 2.45) is 5.73 Å². The van der Waals surface area contributed by atoms with Gasteiger partial charge in [-0.05, 0) is 18.9 Å². The Bertz CT molecular complexity index is 485. The lowest BCUT2D eigenvalue weighted by Crippen LogP contribution is -2.26. The van der Waals surface area contributed by atoms with Crippen LogP contribution in [-0.4, -0.2) is 24.0 Å². The molecule has 0 atom stereocenters. The van der Waals surface area contributed by atoms with Crippen molar-refractivity contribution in [3.05, 3.63) is 21.9 Å². The largest absolute Gasteiger partial charge is 0.320 e. The second-order valence-corrected chi connectivity index (χ2v) is 5.41. The number of hydrogen-bond acceptors (Lipinski definition) is 4. The average Bonchev–Trinajstić information content (AvgIpc) is 3.13. The molecule has 0 amide bonds. The Labute approximate surface area is 112 Å². The number of nitrogens with zero attached hydrogens (tertiary/aromatic N) is 2. The van der Waals surface area contributed by atoms with Gasteiger partial charge in [0.1, 0.15) is 0 Å². The highest BCUT2D eigenvalue weighted by molar-refractivity contribution is 7.10. The van der Waals surface area contributed by atoms with Gasteiger partial charge >= 0.3 is 0 Å².